The first kappa shape index (κ1) is 19.3. The molecule has 2 heterocycles. The van der Waals surface area contributed by atoms with Crippen molar-refractivity contribution in [1.29, 1.82) is 0 Å². The maximum Gasteiger partial charge on any atom is 0.227 e. The van der Waals surface area contributed by atoms with Crippen LogP contribution in [0.15, 0.2) is 65.1 Å². The van der Waals surface area contributed by atoms with Gasteiger partial charge in [-0.1, -0.05) is 23.7 Å². The van der Waals surface area contributed by atoms with Gasteiger partial charge in [0.2, 0.25) is 11.8 Å². The fourth-order valence-electron chi connectivity index (χ4n) is 3.39. The molecule has 2 aromatic carbocycles. The average Bonchev–Trinajstić information content (AvgIpc) is 3.37. The van der Waals surface area contributed by atoms with Crippen LogP contribution in [0, 0.1) is 0 Å². The Bertz CT molecular complexity index is 1010. The van der Waals surface area contributed by atoms with E-state index in [-0.39, 0.29) is 18.2 Å². The van der Waals surface area contributed by atoms with E-state index in [0.29, 0.717) is 23.7 Å². The molecule has 0 unspecified atom stereocenters. The lowest BCUT2D eigenvalue weighted by Crippen LogP contribution is -2.25. The molecule has 148 valence electrons. The summed E-state index contributed by atoms with van der Waals surface area (Å²) < 4.78 is 5.80. The van der Waals surface area contributed by atoms with Crippen LogP contribution >= 0.6 is 11.6 Å². The average molecular weight is 409 g/mol. The largest absolute Gasteiger partial charge is 0.459 e. The van der Waals surface area contributed by atoms with Crippen molar-refractivity contribution in [3.8, 4) is 11.3 Å². The van der Waals surface area contributed by atoms with Gasteiger partial charge in [0.1, 0.15) is 11.5 Å². The van der Waals surface area contributed by atoms with E-state index in [2.05, 4.69) is 5.32 Å². The molecule has 6 heteroatoms. The van der Waals surface area contributed by atoms with Gasteiger partial charge in [-0.3, -0.25) is 9.59 Å². The number of benzene rings is 2. The number of hydrogen-bond acceptors (Lipinski definition) is 3. The number of anilines is 1. The summed E-state index contributed by atoms with van der Waals surface area (Å²) in [5.74, 6) is 1.50. The van der Waals surface area contributed by atoms with Crippen LogP contribution in [0.25, 0.3) is 11.3 Å². The third-order valence-corrected chi connectivity index (χ3v) is 5.19. The third-order valence-electron chi connectivity index (χ3n) is 4.94. The minimum atomic E-state index is -0.0839. The van der Waals surface area contributed by atoms with Gasteiger partial charge < -0.3 is 14.6 Å². The van der Waals surface area contributed by atoms with Gasteiger partial charge >= 0.3 is 0 Å². The lowest BCUT2D eigenvalue weighted by Gasteiger charge is -2.15. The van der Waals surface area contributed by atoms with E-state index in [4.69, 9.17) is 16.0 Å². The number of amides is 2. The molecule has 1 N–H and O–H groups in total. The van der Waals surface area contributed by atoms with Gasteiger partial charge in [0.05, 0.1) is 13.0 Å². The lowest BCUT2D eigenvalue weighted by atomic mass is 10.1. The van der Waals surface area contributed by atoms with Gasteiger partial charge in [-0.25, -0.2) is 0 Å². The zero-order valence-electron chi connectivity index (χ0n) is 15.9. The summed E-state index contributed by atoms with van der Waals surface area (Å²) in [5.41, 5.74) is 2.73. The Labute approximate surface area is 174 Å². The maximum absolute atomic E-state index is 12.3. The zero-order chi connectivity index (χ0) is 20.2. The molecule has 0 saturated carbocycles. The molecule has 3 aromatic rings. The minimum absolute atomic E-state index is 0.0839. The number of carbonyl (C=O) groups is 2. The number of nitrogens with zero attached hydrogens (tertiary/aromatic N) is 1. The summed E-state index contributed by atoms with van der Waals surface area (Å²) in [6.45, 7) is 1.09. The number of hydrogen-bond donors (Lipinski definition) is 1. The molecule has 1 fully saturated rings. The molecule has 5 nitrogen and oxygen atoms in total. The van der Waals surface area contributed by atoms with Crippen LogP contribution in [0.4, 0.5) is 5.69 Å². The Balaban J connectivity index is 1.30. The number of nitrogens with one attached hydrogen (secondary N) is 1. The number of furan rings is 1. The van der Waals surface area contributed by atoms with Crippen LogP contribution in [-0.4, -0.2) is 18.4 Å². The molecule has 29 heavy (non-hydrogen) atoms. The molecule has 1 aromatic heterocycles. The molecule has 1 aliphatic heterocycles. The highest BCUT2D eigenvalue weighted by atomic mass is 35.5. The molecule has 2 amide bonds. The fraction of sp³-hybridized carbons (Fsp3) is 0.217. The topological polar surface area (TPSA) is 62.6 Å². The summed E-state index contributed by atoms with van der Waals surface area (Å²) in [6.07, 6.45) is 1.78. The van der Waals surface area contributed by atoms with Crippen molar-refractivity contribution in [3.05, 3.63) is 77.0 Å². The van der Waals surface area contributed by atoms with Crippen molar-refractivity contribution in [2.75, 3.05) is 11.4 Å². The van der Waals surface area contributed by atoms with E-state index in [1.54, 1.807) is 4.90 Å². The minimum Gasteiger partial charge on any atom is -0.459 e. The first-order valence-electron chi connectivity index (χ1n) is 9.59. The molecular weight excluding hydrogens is 388 g/mol. The molecule has 4 rings (SSSR count). The van der Waals surface area contributed by atoms with Gasteiger partial charge in [0.15, 0.2) is 0 Å². The summed E-state index contributed by atoms with van der Waals surface area (Å²) in [6, 6.07) is 18.7. The maximum atomic E-state index is 12.3. The second-order valence-electron chi connectivity index (χ2n) is 7.04. The second-order valence-corrected chi connectivity index (χ2v) is 7.48. The number of carbonyl (C=O) groups excluding carboxylic acids is 2. The molecule has 0 aliphatic carbocycles. The molecule has 0 bridgehead atoms. The Morgan fingerprint density at radius 3 is 2.48 bits per heavy atom. The van der Waals surface area contributed by atoms with E-state index in [1.165, 1.54) is 0 Å². The molecular formula is C23H21ClN2O3. The third kappa shape index (κ3) is 4.69. The van der Waals surface area contributed by atoms with E-state index < -0.39 is 0 Å². The highest BCUT2D eigenvalue weighted by Gasteiger charge is 2.21. The number of halogens is 1. The Morgan fingerprint density at radius 1 is 1.03 bits per heavy atom. The van der Waals surface area contributed by atoms with Crippen LogP contribution < -0.4 is 10.2 Å². The summed E-state index contributed by atoms with van der Waals surface area (Å²) in [5, 5.41) is 3.55. The molecule has 1 saturated heterocycles. The predicted octanol–water partition coefficient (Wildman–Crippen LogP) is 4.59. The second kappa shape index (κ2) is 8.53. The van der Waals surface area contributed by atoms with Gasteiger partial charge in [-0.15, -0.1) is 0 Å². The Hall–Kier alpha value is -3.05. The van der Waals surface area contributed by atoms with Gasteiger partial charge in [-0.05, 0) is 60.5 Å². The Kier molecular flexibility index (Phi) is 5.67. The Morgan fingerprint density at radius 2 is 1.79 bits per heavy atom. The standard InChI is InChI=1S/C23H21ClN2O3/c24-18-7-5-17(6-8-18)21-12-11-20(29-21)15-25-22(27)14-16-3-9-19(10-4-16)26-13-1-2-23(26)28/h3-12H,1-2,13-15H2,(H,25,27). The van der Waals surface area contributed by atoms with Gasteiger partial charge in [0.25, 0.3) is 0 Å². The summed E-state index contributed by atoms with van der Waals surface area (Å²) in [4.78, 5) is 25.9. The van der Waals surface area contributed by atoms with Crippen LogP contribution in [0.5, 0.6) is 0 Å². The first-order valence-corrected chi connectivity index (χ1v) is 9.97. The van der Waals surface area contributed by atoms with Crippen molar-refractivity contribution < 1.29 is 14.0 Å². The SMILES string of the molecule is O=C(Cc1ccc(N2CCCC2=O)cc1)NCc1ccc(-c2ccc(Cl)cc2)o1. The highest BCUT2D eigenvalue weighted by molar-refractivity contribution is 6.30. The number of rotatable bonds is 6. The molecule has 1 aliphatic rings. The van der Waals surface area contributed by atoms with Crippen LogP contribution in [0.2, 0.25) is 5.02 Å². The summed E-state index contributed by atoms with van der Waals surface area (Å²) in [7, 11) is 0. The van der Waals surface area contributed by atoms with Crippen molar-refractivity contribution in [2.45, 2.75) is 25.8 Å². The quantitative estimate of drug-likeness (QED) is 0.649. The normalized spacial score (nSPS) is 13.7. The van der Waals surface area contributed by atoms with Crippen molar-refractivity contribution >= 4 is 29.1 Å². The van der Waals surface area contributed by atoms with Crippen LogP contribution in [0.3, 0.4) is 0 Å². The fourth-order valence-corrected chi connectivity index (χ4v) is 3.52. The van der Waals surface area contributed by atoms with E-state index in [0.717, 1.165) is 35.5 Å². The van der Waals surface area contributed by atoms with Crippen molar-refractivity contribution in [3.63, 3.8) is 0 Å². The smallest absolute Gasteiger partial charge is 0.227 e. The van der Waals surface area contributed by atoms with E-state index in [1.807, 2.05) is 60.7 Å². The van der Waals surface area contributed by atoms with Crippen molar-refractivity contribution in [2.24, 2.45) is 0 Å². The van der Waals surface area contributed by atoms with Crippen LogP contribution in [0.1, 0.15) is 24.2 Å². The zero-order valence-corrected chi connectivity index (χ0v) is 16.6. The first-order chi connectivity index (χ1) is 14.1. The summed E-state index contributed by atoms with van der Waals surface area (Å²) >= 11 is 5.91. The van der Waals surface area contributed by atoms with E-state index in [9.17, 15) is 9.59 Å². The lowest BCUT2D eigenvalue weighted by molar-refractivity contribution is -0.120. The molecule has 0 atom stereocenters. The molecule has 0 spiro atoms. The van der Waals surface area contributed by atoms with E-state index >= 15 is 0 Å². The van der Waals surface area contributed by atoms with Gasteiger partial charge in [-0.2, -0.15) is 0 Å². The predicted molar refractivity (Wildman–Crippen MR) is 113 cm³/mol. The van der Waals surface area contributed by atoms with Gasteiger partial charge in [0, 0.05) is 29.2 Å². The molecule has 0 radical (unpaired) electrons. The van der Waals surface area contributed by atoms with Crippen molar-refractivity contribution in [1.82, 2.24) is 5.32 Å². The highest BCUT2D eigenvalue weighted by Crippen LogP contribution is 2.24. The van der Waals surface area contributed by atoms with Crippen LogP contribution in [-0.2, 0) is 22.6 Å². The monoisotopic (exact) mass is 408 g/mol.